The molecule has 0 spiro atoms. The first kappa shape index (κ1) is 13.2. The number of benzene rings is 1. The molecule has 2 heterocycles. The van der Waals surface area contributed by atoms with Gasteiger partial charge in [0.15, 0.2) is 0 Å². The van der Waals surface area contributed by atoms with Crippen molar-refractivity contribution in [3.8, 4) is 0 Å². The van der Waals surface area contributed by atoms with Crippen LogP contribution in [-0.4, -0.2) is 15.1 Å². The number of hydrogen-bond acceptors (Lipinski definition) is 4. The van der Waals surface area contributed by atoms with E-state index in [-0.39, 0.29) is 0 Å². The summed E-state index contributed by atoms with van der Waals surface area (Å²) < 4.78 is 0. The zero-order valence-corrected chi connectivity index (χ0v) is 12.3. The average Bonchev–Trinajstić information content (AvgIpc) is 2.83. The highest BCUT2D eigenvalue weighted by molar-refractivity contribution is 7.09. The maximum Gasteiger partial charge on any atom is 0.0957 e. The minimum absolute atomic E-state index is 0.522. The number of nitrogens with zero attached hydrogens (tertiary/aromatic N) is 2. The molecule has 0 amide bonds. The van der Waals surface area contributed by atoms with Gasteiger partial charge in [-0.3, -0.25) is 4.98 Å². The molecule has 1 aromatic carbocycles. The van der Waals surface area contributed by atoms with E-state index < -0.39 is 6.10 Å². The lowest BCUT2D eigenvalue weighted by Gasteiger charge is -2.10. The normalized spacial score (nSPS) is 12.8. The average molecular weight is 284 g/mol. The Morgan fingerprint density at radius 2 is 1.95 bits per heavy atom. The molecule has 0 bridgehead atoms. The van der Waals surface area contributed by atoms with Gasteiger partial charge in [0.25, 0.3) is 0 Å². The van der Waals surface area contributed by atoms with Crippen LogP contribution in [0.1, 0.15) is 28.1 Å². The Balaban J connectivity index is 1.87. The number of rotatable bonds is 3. The lowest BCUT2D eigenvalue weighted by Crippen LogP contribution is -2.01. The molecule has 3 nitrogen and oxygen atoms in total. The summed E-state index contributed by atoms with van der Waals surface area (Å²) in [6.45, 7) is 3.95. The van der Waals surface area contributed by atoms with Crippen molar-refractivity contribution in [3.63, 3.8) is 0 Å². The number of hydrogen-bond donors (Lipinski definition) is 1. The molecule has 0 aliphatic rings. The molecular weight excluding hydrogens is 268 g/mol. The molecule has 0 radical (unpaired) electrons. The minimum Gasteiger partial charge on any atom is -0.388 e. The van der Waals surface area contributed by atoms with Crippen molar-refractivity contribution >= 4 is 22.2 Å². The van der Waals surface area contributed by atoms with Crippen LogP contribution in [0.5, 0.6) is 0 Å². The van der Waals surface area contributed by atoms with Crippen molar-refractivity contribution in [2.24, 2.45) is 0 Å². The van der Waals surface area contributed by atoms with Gasteiger partial charge >= 0.3 is 0 Å². The number of aryl methyl sites for hydroxylation is 2. The molecule has 0 fully saturated rings. The van der Waals surface area contributed by atoms with E-state index in [0.29, 0.717) is 6.42 Å². The van der Waals surface area contributed by atoms with E-state index in [0.717, 1.165) is 32.9 Å². The second kappa shape index (κ2) is 5.31. The Labute approximate surface area is 122 Å². The van der Waals surface area contributed by atoms with Crippen LogP contribution in [0.3, 0.4) is 0 Å². The van der Waals surface area contributed by atoms with Crippen LogP contribution >= 0.6 is 11.3 Å². The maximum absolute atomic E-state index is 10.3. The summed E-state index contributed by atoms with van der Waals surface area (Å²) in [6.07, 6.45) is 0.0368. The predicted octanol–water partition coefficient (Wildman–Crippen LogP) is 3.58. The molecule has 0 aliphatic carbocycles. The molecule has 3 aromatic rings. The summed E-state index contributed by atoms with van der Waals surface area (Å²) in [5.41, 5.74) is 3.89. The van der Waals surface area contributed by atoms with Crippen molar-refractivity contribution in [1.82, 2.24) is 9.97 Å². The Hall–Kier alpha value is -1.78. The summed E-state index contributed by atoms with van der Waals surface area (Å²) >= 11 is 1.59. The second-order valence-corrected chi connectivity index (χ2v) is 5.95. The van der Waals surface area contributed by atoms with E-state index in [1.165, 1.54) is 0 Å². The van der Waals surface area contributed by atoms with Crippen LogP contribution in [-0.2, 0) is 6.42 Å². The Morgan fingerprint density at radius 3 is 2.70 bits per heavy atom. The van der Waals surface area contributed by atoms with Gasteiger partial charge in [0.1, 0.15) is 0 Å². The van der Waals surface area contributed by atoms with Crippen molar-refractivity contribution in [2.75, 3.05) is 0 Å². The van der Waals surface area contributed by atoms with Crippen molar-refractivity contribution in [2.45, 2.75) is 26.4 Å². The zero-order chi connectivity index (χ0) is 14.1. The fourth-order valence-electron chi connectivity index (χ4n) is 2.23. The zero-order valence-electron chi connectivity index (χ0n) is 11.5. The minimum atomic E-state index is -0.522. The van der Waals surface area contributed by atoms with Gasteiger partial charge in [-0.2, -0.15) is 0 Å². The quantitative estimate of drug-likeness (QED) is 0.799. The van der Waals surface area contributed by atoms with Gasteiger partial charge in [0.05, 0.1) is 16.6 Å². The molecule has 1 N–H and O–H groups in total. The fourth-order valence-corrected chi connectivity index (χ4v) is 3.04. The van der Waals surface area contributed by atoms with E-state index in [1.807, 2.05) is 49.6 Å². The standard InChI is InChI=1S/C16H16N2OS/c1-10-3-4-12-7-13(5-6-14(12)17-10)15(19)8-16-18-11(2)9-20-16/h3-7,9,15,19H,8H2,1-2H3. The van der Waals surface area contributed by atoms with E-state index in [9.17, 15) is 5.11 Å². The van der Waals surface area contributed by atoms with Gasteiger partial charge in [0, 0.05) is 28.6 Å². The van der Waals surface area contributed by atoms with Gasteiger partial charge in [-0.15, -0.1) is 11.3 Å². The molecule has 0 saturated carbocycles. The molecule has 2 aromatic heterocycles. The van der Waals surface area contributed by atoms with Gasteiger partial charge in [0.2, 0.25) is 0 Å². The third-order valence-electron chi connectivity index (χ3n) is 3.27. The number of aliphatic hydroxyl groups is 1. The van der Waals surface area contributed by atoms with Gasteiger partial charge in [-0.1, -0.05) is 12.1 Å². The first-order valence-corrected chi connectivity index (χ1v) is 7.46. The third kappa shape index (κ3) is 2.71. The van der Waals surface area contributed by atoms with E-state index >= 15 is 0 Å². The largest absolute Gasteiger partial charge is 0.388 e. The SMILES string of the molecule is Cc1csc(CC(O)c2ccc3nc(C)ccc3c2)n1. The van der Waals surface area contributed by atoms with E-state index in [1.54, 1.807) is 11.3 Å². The van der Waals surface area contributed by atoms with Crippen LogP contribution in [0, 0.1) is 13.8 Å². The van der Waals surface area contributed by atoms with E-state index in [2.05, 4.69) is 9.97 Å². The lowest BCUT2D eigenvalue weighted by molar-refractivity contribution is 0.178. The van der Waals surface area contributed by atoms with Crippen LogP contribution in [0.2, 0.25) is 0 Å². The van der Waals surface area contributed by atoms with Crippen molar-refractivity contribution in [1.29, 1.82) is 0 Å². The molecular formula is C16H16N2OS. The number of fused-ring (bicyclic) bond motifs is 1. The van der Waals surface area contributed by atoms with Crippen LogP contribution in [0.25, 0.3) is 10.9 Å². The molecule has 1 atom stereocenters. The highest BCUT2D eigenvalue weighted by Gasteiger charge is 2.11. The van der Waals surface area contributed by atoms with Gasteiger partial charge in [-0.25, -0.2) is 4.98 Å². The highest BCUT2D eigenvalue weighted by Crippen LogP contribution is 2.23. The molecule has 4 heteroatoms. The highest BCUT2D eigenvalue weighted by atomic mass is 32.1. The number of aromatic nitrogens is 2. The van der Waals surface area contributed by atoms with Gasteiger partial charge in [-0.05, 0) is 37.6 Å². The molecule has 1 unspecified atom stereocenters. The number of thiazole rings is 1. The molecule has 3 rings (SSSR count). The first-order valence-electron chi connectivity index (χ1n) is 6.58. The predicted molar refractivity (Wildman–Crippen MR) is 82.0 cm³/mol. The topological polar surface area (TPSA) is 46.0 Å². The lowest BCUT2D eigenvalue weighted by atomic mass is 10.0. The maximum atomic E-state index is 10.3. The Morgan fingerprint density at radius 1 is 1.10 bits per heavy atom. The molecule has 20 heavy (non-hydrogen) atoms. The first-order chi connectivity index (χ1) is 9.61. The van der Waals surface area contributed by atoms with Crippen LogP contribution in [0.4, 0.5) is 0 Å². The summed E-state index contributed by atoms with van der Waals surface area (Å²) in [4.78, 5) is 8.87. The van der Waals surface area contributed by atoms with Crippen molar-refractivity contribution in [3.05, 3.63) is 57.7 Å². The summed E-state index contributed by atoms with van der Waals surface area (Å²) in [6, 6.07) is 9.95. The Kier molecular flexibility index (Phi) is 3.51. The van der Waals surface area contributed by atoms with E-state index in [4.69, 9.17) is 0 Å². The molecule has 102 valence electrons. The Bertz CT molecular complexity index is 751. The number of aliphatic hydroxyl groups excluding tert-OH is 1. The second-order valence-electron chi connectivity index (χ2n) is 5.01. The third-order valence-corrected chi connectivity index (χ3v) is 4.26. The summed E-state index contributed by atoms with van der Waals surface area (Å²) in [5.74, 6) is 0. The molecule has 0 saturated heterocycles. The smallest absolute Gasteiger partial charge is 0.0957 e. The summed E-state index contributed by atoms with van der Waals surface area (Å²) in [7, 11) is 0. The van der Waals surface area contributed by atoms with Gasteiger partial charge < -0.3 is 5.11 Å². The van der Waals surface area contributed by atoms with Crippen LogP contribution in [0.15, 0.2) is 35.7 Å². The van der Waals surface area contributed by atoms with Crippen molar-refractivity contribution < 1.29 is 5.11 Å². The fraction of sp³-hybridized carbons (Fsp3) is 0.250. The monoisotopic (exact) mass is 284 g/mol. The van der Waals surface area contributed by atoms with Crippen LogP contribution < -0.4 is 0 Å². The summed E-state index contributed by atoms with van der Waals surface area (Å²) in [5, 5.41) is 14.4. The molecule has 0 aliphatic heterocycles. The number of pyridine rings is 1.